The Bertz CT molecular complexity index is 169. The van der Waals surface area contributed by atoms with Crippen LogP contribution in [0.25, 0.3) is 0 Å². The summed E-state index contributed by atoms with van der Waals surface area (Å²) < 4.78 is 0. The maximum Gasteiger partial charge on any atom is 0.127 e. The first-order valence-corrected chi connectivity index (χ1v) is 5.56. The summed E-state index contributed by atoms with van der Waals surface area (Å²) in [6.07, 6.45) is 13.7. The van der Waals surface area contributed by atoms with Crippen LogP contribution in [0.15, 0.2) is 5.16 Å². The minimum atomic E-state index is 0.390. The molecule has 0 aromatic heterocycles. The van der Waals surface area contributed by atoms with Gasteiger partial charge in [0.1, 0.15) is 12.3 Å². The maximum atomic E-state index is 5.40. The van der Waals surface area contributed by atoms with Crippen LogP contribution in [0.2, 0.25) is 0 Å². The second-order valence-corrected chi connectivity index (χ2v) is 4.21. The number of hydrogen-bond acceptors (Lipinski definition) is 2. The van der Waals surface area contributed by atoms with Gasteiger partial charge in [-0.15, -0.1) is 0 Å². The molecule has 1 radical (unpaired) electrons. The van der Waals surface area contributed by atoms with Gasteiger partial charge in [0.05, 0.1) is 0 Å². The first-order chi connectivity index (χ1) is 6.45. The van der Waals surface area contributed by atoms with Gasteiger partial charge in [0.15, 0.2) is 0 Å². The van der Waals surface area contributed by atoms with Gasteiger partial charge in [0, 0.05) is 5.92 Å². The van der Waals surface area contributed by atoms with Crippen LogP contribution in [0.1, 0.15) is 51.4 Å². The summed E-state index contributed by atoms with van der Waals surface area (Å²) in [6.45, 7) is 0. The van der Waals surface area contributed by atoms with Gasteiger partial charge in [-0.3, -0.25) is 0 Å². The molecule has 73 valence electrons. The lowest BCUT2D eigenvalue weighted by molar-refractivity contribution is 0.0327. The molecule has 0 aliphatic heterocycles. The van der Waals surface area contributed by atoms with Crippen molar-refractivity contribution in [3.63, 3.8) is 0 Å². The molecular weight excluding hydrogens is 162 g/mol. The zero-order chi connectivity index (χ0) is 8.93. The predicted octanol–water partition coefficient (Wildman–Crippen LogP) is 3.00. The van der Waals surface area contributed by atoms with Gasteiger partial charge in [-0.25, -0.2) is 0 Å². The Balaban J connectivity index is 1.62. The van der Waals surface area contributed by atoms with Gasteiger partial charge >= 0.3 is 0 Å². The van der Waals surface area contributed by atoms with Crippen LogP contribution in [-0.4, -0.2) is 12.3 Å². The third kappa shape index (κ3) is 2.71. The number of hydrogen-bond donors (Lipinski definition) is 0. The van der Waals surface area contributed by atoms with Crippen molar-refractivity contribution in [2.24, 2.45) is 11.1 Å². The SMILES string of the molecule is [C](=N\OC1CCCCC1)/C1CCC1. The lowest BCUT2D eigenvalue weighted by atomic mass is 9.87. The number of rotatable bonds is 3. The Morgan fingerprint density at radius 1 is 0.923 bits per heavy atom. The van der Waals surface area contributed by atoms with E-state index in [4.69, 9.17) is 4.84 Å². The zero-order valence-electron chi connectivity index (χ0n) is 8.17. The lowest BCUT2D eigenvalue weighted by Gasteiger charge is -2.21. The summed E-state index contributed by atoms with van der Waals surface area (Å²) in [5.41, 5.74) is 0. The fourth-order valence-corrected chi connectivity index (χ4v) is 1.89. The minimum Gasteiger partial charge on any atom is -0.392 e. The molecule has 0 unspecified atom stereocenters. The second-order valence-electron chi connectivity index (χ2n) is 4.21. The van der Waals surface area contributed by atoms with Crippen LogP contribution in [0, 0.1) is 5.92 Å². The Morgan fingerprint density at radius 3 is 2.31 bits per heavy atom. The van der Waals surface area contributed by atoms with E-state index in [2.05, 4.69) is 11.4 Å². The highest BCUT2D eigenvalue weighted by Crippen LogP contribution is 2.25. The highest BCUT2D eigenvalue weighted by atomic mass is 16.6. The normalized spacial score (nSPS) is 26.2. The monoisotopic (exact) mass is 180 g/mol. The van der Waals surface area contributed by atoms with Crippen LogP contribution >= 0.6 is 0 Å². The third-order valence-electron chi connectivity index (χ3n) is 3.09. The van der Waals surface area contributed by atoms with Crippen molar-refractivity contribution in [3.8, 4) is 0 Å². The van der Waals surface area contributed by atoms with Gasteiger partial charge in [0.2, 0.25) is 0 Å². The summed E-state index contributed by atoms with van der Waals surface area (Å²) in [5.74, 6) is 0.601. The van der Waals surface area contributed by atoms with Gasteiger partial charge < -0.3 is 4.84 Å². The topological polar surface area (TPSA) is 21.6 Å². The molecule has 13 heavy (non-hydrogen) atoms. The van der Waals surface area contributed by atoms with Crippen LogP contribution < -0.4 is 0 Å². The summed E-state index contributed by atoms with van der Waals surface area (Å²) in [4.78, 5) is 5.40. The van der Waals surface area contributed by atoms with Crippen molar-refractivity contribution in [3.05, 3.63) is 0 Å². The first-order valence-electron chi connectivity index (χ1n) is 5.56. The molecule has 2 nitrogen and oxygen atoms in total. The van der Waals surface area contributed by atoms with E-state index in [0.717, 1.165) is 0 Å². The number of nitrogens with zero attached hydrogens (tertiary/aromatic N) is 1. The molecule has 0 N–H and O–H groups in total. The predicted molar refractivity (Wildman–Crippen MR) is 52.7 cm³/mol. The van der Waals surface area contributed by atoms with Crippen molar-refractivity contribution < 1.29 is 4.84 Å². The molecule has 0 spiro atoms. The van der Waals surface area contributed by atoms with Gasteiger partial charge in [-0.2, -0.15) is 0 Å². The molecule has 0 saturated heterocycles. The molecule has 2 fully saturated rings. The summed E-state index contributed by atoms with van der Waals surface area (Å²) >= 11 is 0. The molecule has 0 atom stereocenters. The van der Waals surface area contributed by atoms with E-state index in [9.17, 15) is 0 Å². The summed E-state index contributed by atoms with van der Waals surface area (Å²) in [6, 6.07) is 0. The standard InChI is InChI=1S/C11H18NO/c1-2-7-11(8-3-1)13-12-9-10-5-4-6-10/h10-11H,1-8H2. The second kappa shape index (κ2) is 4.64. The van der Waals surface area contributed by atoms with Gasteiger partial charge in [0.25, 0.3) is 0 Å². The van der Waals surface area contributed by atoms with Gasteiger partial charge in [-0.05, 0) is 38.5 Å². The molecule has 2 saturated carbocycles. The van der Waals surface area contributed by atoms with Crippen molar-refractivity contribution in [1.29, 1.82) is 0 Å². The van der Waals surface area contributed by atoms with Crippen LogP contribution in [0.3, 0.4) is 0 Å². The average Bonchev–Trinajstić information content (AvgIpc) is 2.11. The molecule has 2 heteroatoms. The molecule has 0 amide bonds. The van der Waals surface area contributed by atoms with Gasteiger partial charge in [-0.1, -0.05) is 18.0 Å². The molecule has 2 aliphatic rings. The van der Waals surface area contributed by atoms with Crippen molar-refractivity contribution in [1.82, 2.24) is 0 Å². The fraction of sp³-hybridized carbons (Fsp3) is 0.909. The highest BCUT2D eigenvalue weighted by Gasteiger charge is 2.17. The van der Waals surface area contributed by atoms with E-state index in [-0.39, 0.29) is 0 Å². The molecule has 2 rings (SSSR count). The molecule has 2 aliphatic carbocycles. The summed E-state index contributed by atoms with van der Waals surface area (Å²) in [7, 11) is 0. The summed E-state index contributed by atoms with van der Waals surface area (Å²) in [5, 5.41) is 3.97. The molecule has 0 heterocycles. The van der Waals surface area contributed by atoms with Crippen LogP contribution in [-0.2, 0) is 4.84 Å². The molecule has 0 aromatic carbocycles. The van der Waals surface area contributed by atoms with E-state index in [1.807, 2.05) is 0 Å². The smallest absolute Gasteiger partial charge is 0.127 e. The quantitative estimate of drug-likeness (QED) is 0.483. The molecule has 0 bridgehead atoms. The van der Waals surface area contributed by atoms with E-state index in [1.54, 1.807) is 0 Å². The highest BCUT2D eigenvalue weighted by molar-refractivity contribution is 5.60. The Hall–Kier alpha value is -0.530. The van der Waals surface area contributed by atoms with E-state index >= 15 is 0 Å². The Labute approximate surface area is 80.3 Å². The van der Waals surface area contributed by atoms with Crippen molar-refractivity contribution in [2.75, 3.05) is 0 Å². The zero-order valence-corrected chi connectivity index (χ0v) is 8.17. The minimum absolute atomic E-state index is 0.390. The maximum absolute atomic E-state index is 5.40. The van der Waals surface area contributed by atoms with Crippen LogP contribution in [0.5, 0.6) is 0 Å². The fourth-order valence-electron chi connectivity index (χ4n) is 1.89. The van der Waals surface area contributed by atoms with Crippen molar-refractivity contribution >= 4 is 6.21 Å². The molecule has 0 aromatic rings. The van der Waals surface area contributed by atoms with E-state index in [1.165, 1.54) is 51.4 Å². The molecular formula is C11H18NO. The average molecular weight is 180 g/mol. The Kier molecular flexibility index (Phi) is 3.22. The van der Waals surface area contributed by atoms with Crippen LogP contribution in [0.4, 0.5) is 0 Å². The van der Waals surface area contributed by atoms with Crippen molar-refractivity contribution in [2.45, 2.75) is 57.5 Å². The van der Waals surface area contributed by atoms with E-state index < -0.39 is 0 Å². The Morgan fingerprint density at radius 2 is 1.69 bits per heavy atom. The lowest BCUT2D eigenvalue weighted by Crippen LogP contribution is -2.16. The third-order valence-corrected chi connectivity index (χ3v) is 3.09. The largest absolute Gasteiger partial charge is 0.392 e. The first kappa shape index (κ1) is 9.04. The van der Waals surface area contributed by atoms with E-state index in [0.29, 0.717) is 12.0 Å².